The van der Waals surface area contributed by atoms with Gasteiger partial charge in [0, 0.05) is 19.3 Å². The Morgan fingerprint density at radius 3 is 0.891 bits per heavy atom. The van der Waals surface area contributed by atoms with Crippen molar-refractivity contribution in [1.82, 2.24) is 0 Å². The Morgan fingerprint density at radius 1 is 0.345 bits per heavy atom. The monoisotopic (exact) mass is 779 g/mol. The summed E-state index contributed by atoms with van der Waals surface area (Å²) in [6, 6.07) is 0. The lowest BCUT2D eigenvalue weighted by Gasteiger charge is -2.18. The molecule has 0 aromatic heterocycles. The van der Waals surface area contributed by atoms with Crippen LogP contribution in [0.5, 0.6) is 0 Å². The molecule has 0 heterocycles. The van der Waals surface area contributed by atoms with Gasteiger partial charge in [0.25, 0.3) is 0 Å². The largest absolute Gasteiger partial charge is 0.462 e. The van der Waals surface area contributed by atoms with Crippen LogP contribution in [0.15, 0.2) is 0 Å². The number of hydrogen-bond donors (Lipinski definition) is 0. The van der Waals surface area contributed by atoms with Crippen LogP contribution in [0, 0.1) is 5.92 Å². The van der Waals surface area contributed by atoms with Gasteiger partial charge in [0.1, 0.15) is 13.2 Å². The summed E-state index contributed by atoms with van der Waals surface area (Å²) in [5, 5.41) is 0. The summed E-state index contributed by atoms with van der Waals surface area (Å²) >= 11 is 0. The van der Waals surface area contributed by atoms with Crippen LogP contribution in [0.25, 0.3) is 0 Å². The van der Waals surface area contributed by atoms with E-state index in [1.54, 1.807) is 0 Å². The molecule has 0 rings (SSSR count). The molecular formula is C49H94O6. The third-order valence-electron chi connectivity index (χ3n) is 11.0. The normalized spacial score (nSPS) is 11.9. The quantitative estimate of drug-likeness (QED) is 0.0348. The molecule has 0 bridgehead atoms. The minimum atomic E-state index is -0.759. The van der Waals surface area contributed by atoms with Crippen LogP contribution in [0.2, 0.25) is 0 Å². The summed E-state index contributed by atoms with van der Waals surface area (Å²) in [5.41, 5.74) is 0. The van der Waals surface area contributed by atoms with Crippen LogP contribution in [-0.2, 0) is 28.6 Å². The van der Waals surface area contributed by atoms with Crippen LogP contribution < -0.4 is 0 Å². The molecule has 0 aromatic carbocycles. The minimum absolute atomic E-state index is 0.0632. The van der Waals surface area contributed by atoms with Gasteiger partial charge in [0.05, 0.1) is 0 Å². The summed E-state index contributed by atoms with van der Waals surface area (Å²) in [6.07, 6.45) is 43.7. The molecule has 0 radical (unpaired) electrons. The summed E-state index contributed by atoms with van der Waals surface area (Å²) in [5.74, 6) is -0.0251. The van der Waals surface area contributed by atoms with Gasteiger partial charge in [-0.05, 0) is 25.2 Å². The molecule has 0 saturated carbocycles. The van der Waals surface area contributed by atoms with Gasteiger partial charge in [-0.15, -0.1) is 0 Å². The van der Waals surface area contributed by atoms with Gasteiger partial charge >= 0.3 is 17.9 Å². The van der Waals surface area contributed by atoms with Crippen molar-refractivity contribution in [3.63, 3.8) is 0 Å². The molecule has 0 fully saturated rings. The van der Waals surface area contributed by atoms with Gasteiger partial charge in [0.2, 0.25) is 0 Å². The van der Waals surface area contributed by atoms with E-state index in [1.165, 1.54) is 167 Å². The predicted octanol–water partition coefficient (Wildman–Crippen LogP) is 15.5. The van der Waals surface area contributed by atoms with E-state index in [-0.39, 0.29) is 31.1 Å². The fourth-order valence-corrected chi connectivity index (χ4v) is 7.33. The van der Waals surface area contributed by atoms with E-state index < -0.39 is 6.10 Å². The van der Waals surface area contributed by atoms with Crippen LogP contribution in [-0.4, -0.2) is 37.2 Å². The highest BCUT2D eigenvalue weighted by molar-refractivity contribution is 5.71. The molecule has 0 aliphatic carbocycles. The maximum atomic E-state index is 12.7. The molecule has 0 aromatic rings. The van der Waals surface area contributed by atoms with Crippen molar-refractivity contribution in [2.75, 3.05) is 13.2 Å². The van der Waals surface area contributed by atoms with Crippen LogP contribution in [0.1, 0.15) is 272 Å². The summed E-state index contributed by atoms with van der Waals surface area (Å²) in [7, 11) is 0. The standard InChI is InChI=1S/C49H94O6/c1-5-7-9-11-13-15-17-18-21-25-29-33-37-41-48(51)54-44-46(43-53-47(50)40-36-32-28-24-16-14-12-10-8-6-2)55-49(52)42-38-34-30-26-22-19-20-23-27-31-35-39-45(3)4/h45-46H,5-44H2,1-4H3/t46-/m1/s1. The van der Waals surface area contributed by atoms with Crippen molar-refractivity contribution in [2.45, 2.75) is 278 Å². The van der Waals surface area contributed by atoms with Crippen molar-refractivity contribution in [3.8, 4) is 0 Å². The average Bonchev–Trinajstić information content (AvgIpc) is 3.17. The van der Waals surface area contributed by atoms with Crippen LogP contribution >= 0.6 is 0 Å². The summed E-state index contributed by atoms with van der Waals surface area (Å²) in [6.45, 7) is 9.00. The number of unbranched alkanes of at least 4 members (excludes halogenated alkanes) is 31. The van der Waals surface area contributed by atoms with Crippen molar-refractivity contribution in [3.05, 3.63) is 0 Å². The van der Waals surface area contributed by atoms with Gasteiger partial charge in [0.15, 0.2) is 6.10 Å². The Kier molecular flexibility index (Phi) is 42.3. The molecule has 6 nitrogen and oxygen atoms in total. The fourth-order valence-electron chi connectivity index (χ4n) is 7.33. The van der Waals surface area contributed by atoms with Crippen molar-refractivity contribution in [1.29, 1.82) is 0 Å². The van der Waals surface area contributed by atoms with E-state index in [1.807, 2.05) is 0 Å². The number of carbonyl (C=O) groups is 3. The van der Waals surface area contributed by atoms with Gasteiger partial charge in [-0.3, -0.25) is 14.4 Å². The molecule has 0 amide bonds. The maximum Gasteiger partial charge on any atom is 0.306 e. The second kappa shape index (κ2) is 43.5. The highest BCUT2D eigenvalue weighted by Gasteiger charge is 2.19. The molecule has 6 heteroatoms. The average molecular weight is 779 g/mol. The van der Waals surface area contributed by atoms with E-state index in [4.69, 9.17) is 14.2 Å². The SMILES string of the molecule is CCCCCCCCCCCCCCCC(=O)OC[C@@H](COC(=O)CCCCCCCCCCCC)OC(=O)CCCCCCCCCCCCCC(C)C. The zero-order valence-corrected chi connectivity index (χ0v) is 37.4. The Hall–Kier alpha value is -1.59. The Balaban J connectivity index is 4.31. The summed E-state index contributed by atoms with van der Waals surface area (Å²) in [4.78, 5) is 37.8. The second-order valence-corrected chi connectivity index (χ2v) is 17.2. The molecule has 0 spiro atoms. The molecule has 0 N–H and O–H groups in total. The fraction of sp³-hybridized carbons (Fsp3) is 0.939. The maximum absolute atomic E-state index is 12.7. The van der Waals surface area contributed by atoms with E-state index in [0.717, 1.165) is 63.7 Å². The third-order valence-corrected chi connectivity index (χ3v) is 11.0. The number of rotatable bonds is 44. The highest BCUT2D eigenvalue weighted by Crippen LogP contribution is 2.16. The lowest BCUT2D eigenvalue weighted by Crippen LogP contribution is -2.30. The second-order valence-electron chi connectivity index (χ2n) is 17.2. The lowest BCUT2D eigenvalue weighted by atomic mass is 10.0. The first-order chi connectivity index (χ1) is 26.9. The number of carbonyl (C=O) groups excluding carboxylic acids is 3. The molecule has 55 heavy (non-hydrogen) atoms. The lowest BCUT2D eigenvalue weighted by molar-refractivity contribution is -0.167. The highest BCUT2D eigenvalue weighted by atomic mass is 16.6. The van der Waals surface area contributed by atoms with E-state index >= 15 is 0 Å². The molecule has 0 unspecified atom stereocenters. The Bertz CT molecular complexity index is 826. The van der Waals surface area contributed by atoms with E-state index in [2.05, 4.69) is 27.7 Å². The predicted molar refractivity (Wildman–Crippen MR) is 233 cm³/mol. The molecule has 0 saturated heterocycles. The number of ether oxygens (including phenoxy) is 3. The first-order valence-electron chi connectivity index (χ1n) is 24.4. The third kappa shape index (κ3) is 43.4. The molecule has 1 atom stereocenters. The Labute approximate surface area is 342 Å². The van der Waals surface area contributed by atoms with Gasteiger partial charge in [-0.1, -0.05) is 233 Å². The Morgan fingerprint density at radius 2 is 0.600 bits per heavy atom. The molecule has 0 aliphatic rings. The molecule has 326 valence electrons. The topological polar surface area (TPSA) is 78.9 Å². The number of hydrogen-bond acceptors (Lipinski definition) is 6. The van der Waals surface area contributed by atoms with E-state index in [9.17, 15) is 14.4 Å². The molecule has 0 aliphatic heterocycles. The van der Waals surface area contributed by atoms with Gasteiger partial charge < -0.3 is 14.2 Å². The van der Waals surface area contributed by atoms with Gasteiger partial charge in [-0.25, -0.2) is 0 Å². The van der Waals surface area contributed by atoms with Crippen molar-refractivity contribution < 1.29 is 28.6 Å². The van der Waals surface area contributed by atoms with Crippen LogP contribution in [0.3, 0.4) is 0 Å². The first-order valence-corrected chi connectivity index (χ1v) is 24.4. The van der Waals surface area contributed by atoms with Crippen molar-refractivity contribution in [2.24, 2.45) is 5.92 Å². The van der Waals surface area contributed by atoms with E-state index in [0.29, 0.717) is 19.3 Å². The van der Waals surface area contributed by atoms with Crippen LogP contribution in [0.4, 0.5) is 0 Å². The molecular weight excluding hydrogens is 685 g/mol. The minimum Gasteiger partial charge on any atom is -0.462 e. The smallest absolute Gasteiger partial charge is 0.306 e. The van der Waals surface area contributed by atoms with Gasteiger partial charge in [-0.2, -0.15) is 0 Å². The summed E-state index contributed by atoms with van der Waals surface area (Å²) < 4.78 is 16.7. The zero-order chi connectivity index (χ0) is 40.3. The first kappa shape index (κ1) is 53.4. The zero-order valence-electron chi connectivity index (χ0n) is 37.4. The number of esters is 3. The van der Waals surface area contributed by atoms with Crippen molar-refractivity contribution >= 4 is 17.9 Å².